The van der Waals surface area contributed by atoms with E-state index in [1.54, 1.807) is 7.11 Å². The lowest BCUT2D eigenvalue weighted by molar-refractivity contribution is -0.118. The summed E-state index contributed by atoms with van der Waals surface area (Å²) in [5.41, 5.74) is 11.3. The number of amides is 1. The molecule has 1 unspecified atom stereocenters. The SMILES string of the molecule is COc1ccccc1NCC(N)C(N)=O. The van der Waals surface area contributed by atoms with Crippen LogP contribution in [0.3, 0.4) is 0 Å². The molecule has 0 fully saturated rings. The summed E-state index contributed by atoms with van der Waals surface area (Å²) in [5, 5.41) is 2.99. The number of hydrogen-bond acceptors (Lipinski definition) is 4. The highest BCUT2D eigenvalue weighted by Gasteiger charge is 2.09. The van der Waals surface area contributed by atoms with E-state index in [0.29, 0.717) is 5.75 Å². The van der Waals surface area contributed by atoms with Crippen molar-refractivity contribution >= 4 is 11.6 Å². The predicted octanol–water partition coefficient (Wildman–Crippen LogP) is -0.0803. The van der Waals surface area contributed by atoms with Gasteiger partial charge in [-0.05, 0) is 12.1 Å². The molecule has 15 heavy (non-hydrogen) atoms. The van der Waals surface area contributed by atoms with Gasteiger partial charge in [0, 0.05) is 6.54 Å². The van der Waals surface area contributed by atoms with Crippen molar-refractivity contribution in [2.45, 2.75) is 6.04 Å². The lowest BCUT2D eigenvalue weighted by Gasteiger charge is -2.13. The number of hydrogen-bond donors (Lipinski definition) is 3. The Morgan fingerprint density at radius 3 is 2.80 bits per heavy atom. The van der Waals surface area contributed by atoms with Crippen LogP contribution in [0.4, 0.5) is 5.69 Å². The molecule has 82 valence electrons. The zero-order chi connectivity index (χ0) is 11.3. The molecule has 0 aliphatic carbocycles. The fourth-order valence-electron chi connectivity index (χ4n) is 1.11. The summed E-state index contributed by atoms with van der Waals surface area (Å²) >= 11 is 0. The van der Waals surface area contributed by atoms with Gasteiger partial charge in [0.1, 0.15) is 11.8 Å². The van der Waals surface area contributed by atoms with Gasteiger partial charge in [-0.1, -0.05) is 12.1 Å². The van der Waals surface area contributed by atoms with Crippen LogP contribution in [0, 0.1) is 0 Å². The maximum atomic E-state index is 10.7. The van der Waals surface area contributed by atoms with Crippen LogP contribution in [-0.4, -0.2) is 25.6 Å². The lowest BCUT2D eigenvalue weighted by Crippen LogP contribution is -2.41. The molecule has 1 rings (SSSR count). The Kier molecular flexibility index (Phi) is 3.93. The average Bonchev–Trinajstić information content (AvgIpc) is 2.26. The van der Waals surface area contributed by atoms with Gasteiger partial charge >= 0.3 is 0 Å². The van der Waals surface area contributed by atoms with Crippen LogP contribution < -0.4 is 21.5 Å². The van der Waals surface area contributed by atoms with Crippen molar-refractivity contribution in [1.29, 1.82) is 0 Å². The minimum Gasteiger partial charge on any atom is -0.495 e. The number of benzene rings is 1. The number of para-hydroxylation sites is 2. The summed E-state index contributed by atoms with van der Waals surface area (Å²) in [4.78, 5) is 10.7. The Morgan fingerprint density at radius 1 is 1.53 bits per heavy atom. The molecular weight excluding hydrogens is 194 g/mol. The maximum absolute atomic E-state index is 10.7. The van der Waals surface area contributed by atoms with Gasteiger partial charge in [-0.25, -0.2) is 0 Å². The third-order valence-electron chi connectivity index (χ3n) is 1.98. The van der Waals surface area contributed by atoms with E-state index < -0.39 is 11.9 Å². The molecule has 0 aliphatic rings. The number of carbonyl (C=O) groups excluding carboxylic acids is 1. The van der Waals surface area contributed by atoms with Crippen LogP contribution in [0.5, 0.6) is 5.75 Å². The number of methoxy groups -OCH3 is 1. The minimum atomic E-state index is -0.699. The number of anilines is 1. The first-order valence-corrected chi connectivity index (χ1v) is 4.57. The Hall–Kier alpha value is -1.75. The molecule has 0 saturated heterocycles. The van der Waals surface area contributed by atoms with Gasteiger partial charge in [-0.3, -0.25) is 4.79 Å². The zero-order valence-corrected chi connectivity index (χ0v) is 8.57. The summed E-state index contributed by atoms with van der Waals surface area (Å²) < 4.78 is 5.12. The first kappa shape index (κ1) is 11.3. The largest absolute Gasteiger partial charge is 0.495 e. The van der Waals surface area contributed by atoms with E-state index >= 15 is 0 Å². The summed E-state index contributed by atoms with van der Waals surface area (Å²) in [6.07, 6.45) is 0. The van der Waals surface area contributed by atoms with E-state index in [-0.39, 0.29) is 6.54 Å². The van der Waals surface area contributed by atoms with Gasteiger partial charge in [-0.2, -0.15) is 0 Å². The summed E-state index contributed by atoms with van der Waals surface area (Å²) in [5.74, 6) is 0.173. The standard InChI is InChI=1S/C10H15N3O2/c1-15-9-5-3-2-4-8(9)13-6-7(11)10(12)14/h2-5,7,13H,6,11H2,1H3,(H2,12,14). The van der Waals surface area contributed by atoms with Crippen LogP contribution in [0.1, 0.15) is 0 Å². The summed E-state index contributed by atoms with van der Waals surface area (Å²) in [7, 11) is 1.58. The van der Waals surface area contributed by atoms with Crippen LogP contribution >= 0.6 is 0 Å². The van der Waals surface area contributed by atoms with Crippen LogP contribution in [0.25, 0.3) is 0 Å². The Bertz CT molecular complexity index is 341. The number of rotatable bonds is 5. The van der Waals surface area contributed by atoms with Crippen molar-refractivity contribution in [3.63, 3.8) is 0 Å². The maximum Gasteiger partial charge on any atom is 0.236 e. The first-order chi connectivity index (χ1) is 7.15. The molecule has 0 heterocycles. The third-order valence-corrected chi connectivity index (χ3v) is 1.98. The third kappa shape index (κ3) is 3.14. The molecule has 1 amide bonds. The van der Waals surface area contributed by atoms with Crippen molar-refractivity contribution in [2.75, 3.05) is 19.0 Å². The van der Waals surface area contributed by atoms with E-state index in [0.717, 1.165) is 5.69 Å². The number of primary amides is 1. The fourth-order valence-corrected chi connectivity index (χ4v) is 1.11. The van der Waals surface area contributed by atoms with Crippen molar-refractivity contribution in [3.8, 4) is 5.75 Å². The molecule has 5 heteroatoms. The normalized spacial score (nSPS) is 11.9. The van der Waals surface area contributed by atoms with E-state index in [4.69, 9.17) is 16.2 Å². The molecule has 5 nitrogen and oxygen atoms in total. The van der Waals surface area contributed by atoms with Crippen molar-refractivity contribution in [2.24, 2.45) is 11.5 Å². The predicted molar refractivity (Wildman–Crippen MR) is 58.7 cm³/mol. The van der Waals surface area contributed by atoms with Crippen LogP contribution in [-0.2, 0) is 4.79 Å². The molecular formula is C10H15N3O2. The van der Waals surface area contributed by atoms with E-state index in [1.165, 1.54) is 0 Å². The highest BCUT2D eigenvalue weighted by molar-refractivity contribution is 5.80. The second kappa shape index (κ2) is 5.21. The molecule has 0 bridgehead atoms. The van der Waals surface area contributed by atoms with Gasteiger partial charge in [0.25, 0.3) is 0 Å². The minimum absolute atomic E-state index is 0.287. The molecule has 1 atom stereocenters. The number of nitrogens with two attached hydrogens (primary N) is 2. The summed E-state index contributed by atoms with van der Waals surface area (Å²) in [6, 6.07) is 6.68. The molecule has 1 aromatic rings. The topological polar surface area (TPSA) is 90.4 Å². The molecule has 0 radical (unpaired) electrons. The van der Waals surface area contributed by atoms with Crippen molar-refractivity contribution < 1.29 is 9.53 Å². The zero-order valence-electron chi connectivity index (χ0n) is 8.57. The van der Waals surface area contributed by atoms with Crippen molar-refractivity contribution in [1.82, 2.24) is 0 Å². The molecule has 5 N–H and O–H groups in total. The number of nitrogens with one attached hydrogen (secondary N) is 1. The monoisotopic (exact) mass is 209 g/mol. The smallest absolute Gasteiger partial charge is 0.236 e. The molecule has 0 saturated carbocycles. The molecule has 0 aliphatic heterocycles. The second-order valence-electron chi connectivity index (χ2n) is 3.09. The quantitative estimate of drug-likeness (QED) is 0.632. The Labute approximate surface area is 88.4 Å². The Morgan fingerprint density at radius 2 is 2.20 bits per heavy atom. The van der Waals surface area contributed by atoms with Gasteiger partial charge in [0.15, 0.2) is 0 Å². The van der Waals surface area contributed by atoms with Gasteiger partial charge in [-0.15, -0.1) is 0 Å². The summed E-state index contributed by atoms with van der Waals surface area (Å²) in [6.45, 7) is 0.287. The lowest BCUT2D eigenvalue weighted by atomic mass is 10.2. The van der Waals surface area contributed by atoms with Crippen molar-refractivity contribution in [3.05, 3.63) is 24.3 Å². The molecule has 0 aromatic heterocycles. The average molecular weight is 209 g/mol. The van der Waals surface area contributed by atoms with E-state index in [1.807, 2.05) is 24.3 Å². The van der Waals surface area contributed by atoms with Crippen LogP contribution in [0.15, 0.2) is 24.3 Å². The Balaban J connectivity index is 2.60. The number of carbonyl (C=O) groups is 1. The van der Waals surface area contributed by atoms with Gasteiger partial charge in [0.2, 0.25) is 5.91 Å². The highest BCUT2D eigenvalue weighted by atomic mass is 16.5. The fraction of sp³-hybridized carbons (Fsp3) is 0.300. The molecule has 1 aromatic carbocycles. The second-order valence-corrected chi connectivity index (χ2v) is 3.09. The number of ether oxygens (including phenoxy) is 1. The van der Waals surface area contributed by atoms with E-state index in [2.05, 4.69) is 5.32 Å². The first-order valence-electron chi connectivity index (χ1n) is 4.57. The van der Waals surface area contributed by atoms with Gasteiger partial charge in [0.05, 0.1) is 12.8 Å². The highest BCUT2D eigenvalue weighted by Crippen LogP contribution is 2.22. The molecule has 0 spiro atoms. The van der Waals surface area contributed by atoms with Crippen LogP contribution in [0.2, 0.25) is 0 Å². The van der Waals surface area contributed by atoms with Gasteiger partial charge < -0.3 is 21.5 Å². The van der Waals surface area contributed by atoms with E-state index in [9.17, 15) is 4.79 Å².